The summed E-state index contributed by atoms with van der Waals surface area (Å²) in [6, 6.07) is 4.39. The second-order valence-electron chi connectivity index (χ2n) is 7.05. The maximum Gasteiger partial charge on any atom is 0.404 e. The molecule has 4 N–H and O–H groups in total. The van der Waals surface area contributed by atoms with Gasteiger partial charge in [-0.05, 0) is 31.0 Å². The van der Waals surface area contributed by atoms with Gasteiger partial charge in [-0.1, -0.05) is 55.0 Å². The molecule has 0 spiro atoms. The average Bonchev–Trinajstić information content (AvgIpc) is 2.70. The lowest BCUT2D eigenvalue weighted by Crippen LogP contribution is -2.34. The number of nitrogens with one attached hydrogen (secondary N) is 3. The summed E-state index contributed by atoms with van der Waals surface area (Å²) in [5.74, 6) is -1.85. The number of carboxylic acid groups (broad SMARTS) is 1. The summed E-state index contributed by atoms with van der Waals surface area (Å²) in [5, 5.41) is 13.1. The minimum Gasteiger partial charge on any atom is -0.465 e. The molecule has 1 aromatic carbocycles. The van der Waals surface area contributed by atoms with Gasteiger partial charge in [-0.3, -0.25) is 14.3 Å². The molecule has 0 bridgehead atoms. The lowest BCUT2D eigenvalue weighted by atomic mass is 10.1. The van der Waals surface area contributed by atoms with Gasteiger partial charge in [0.15, 0.2) is 0 Å². The van der Waals surface area contributed by atoms with Crippen molar-refractivity contribution in [2.45, 2.75) is 51.9 Å². The number of carbonyl (C=O) groups is 3. The van der Waals surface area contributed by atoms with Crippen LogP contribution in [0, 0.1) is 0 Å². The summed E-state index contributed by atoms with van der Waals surface area (Å²) in [6.07, 6.45) is 4.77. The number of anilines is 1. The molecular formula is C20H30BrN3O6S. The molecule has 1 rings (SSSR count). The quantitative estimate of drug-likeness (QED) is 0.158. The number of rotatable bonds is 15. The highest BCUT2D eigenvalue weighted by molar-refractivity contribution is 9.10. The molecule has 174 valence electrons. The summed E-state index contributed by atoms with van der Waals surface area (Å²) in [4.78, 5) is 35.1. The second kappa shape index (κ2) is 14.0. The Bertz CT molecular complexity index is 860. The van der Waals surface area contributed by atoms with Crippen molar-refractivity contribution in [3.8, 4) is 0 Å². The zero-order valence-corrected chi connectivity index (χ0v) is 20.0. The highest BCUT2D eigenvalue weighted by Gasteiger charge is 2.22. The first-order chi connectivity index (χ1) is 14.7. The van der Waals surface area contributed by atoms with Crippen LogP contribution in [0.5, 0.6) is 0 Å². The molecule has 0 unspecified atom stereocenters. The minimum atomic E-state index is -3.67. The zero-order valence-electron chi connectivity index (χ0n) is 17.6. The molecule has 0 aliphatic rings. The first-order valence-corrected chi connectivity index (χ1v) is 12.7. The van der Waals surface area contributed by atoms with Crippen molar-refractivity contribution in [3.63, 3.8) is 0 Å². The maximum absolute atomic E-state index is 12.6. The van der Waals surface area contributed by atoms with Gasteiger partial charge < -0.3 is 15.7 Å². The van der Waals surface area contributed by atoms with E-state index in [1.54, 1.807) is 6.07 Å². The van der Waals surface area contributed by atoms with Gasteiger partial charge in [0, 0.05) is 17.6 Å². The summed E-state index contributed by atoms with van der Waals surface area (Å²) >= 11 is 3.23. The first-order valence-electron chi connectivity index (χ1n) is 10.3. The zero-order chi connectivity index (χ0) is 23.3. The maximum atomic E-state index is 12.6. The molecule has 0 aliphatic carbocycles. The van der Waals surface area contributed by atoms with Gasteiger partial charge in [0.25, 0.3) is 11.7 Å². The van der Waals surface area contributed by atoms with Crippen molar-refractivity contribution in [3.05, 3.63) is 28.2 Å². The van der Waals surface area contributed by atoms with Gasteiger partial charge in [0.1, 0.15) is 0 Å². The van der Waals surface area contributed by atoms with Crippen LogP contribution < -0.4 is 15.4 Å². The second-order valence-corrected chi connectivity index (χ2v) is 9.81. The van der Waals surface area contributed by atoms with Crippen LogP contribution >= 0.6 is 15.9 Å². The Labute approximate surface area is 191 Å². The molecule has 1 aromatic rings. The fourth-order valence-electron chi connectivity index (χ4n) is 2.77. The topological polar surface area (TPSA) is 142 Å². The predicted octanol–water partition coefficient (Wildman–Crippen LogP) is 3.51. The Kier molecular flexibility index (Phi) is 12.2. The molecular weight excluding hydrogens is 490 g/mol. The van der Waals surface area contributed by atoms with E-state index in [1.807, 2.05) is 0 Å². The molecule has 0 aromatic heterocycles. The van der Waals surface area contributed by atoms with Crippen LogP contribution in [0.25, 0.3) is 0 Å². The Morgan fingerprint density at radius 2 is 1.61 bits per heavy atom. The Morgan fingerprint density at radius 3 is 2.29 bits per heavy atom. The van der Waals surface area contributed by atoms with E-state index < -0.39 is 27.8 Å². The van der Waals surface area contributed by atoms with Crippen molar-refractivity contribution < 1.29 is 27.9 Å². The Hall–Kier alpha value is -2.14. The third-order valence-corrected chi connectivity index (χ3v) is 6.23. The molecule has 9 nitrogen and oxygen atoms in total. The summed E-state index contributed by atoms with van der Waals surface area (Å²) < 4.78 is 27.8. The summed E-state index contributed by atoms with van der Waals surface area (Å²) in [7, 11) is -3.67. The van der Waals surface area contributed by atoms with Crippen LogP contribution in [0.2, 0.25) is 0 Å². The number of carbonyl (C=O) groups excluding carboxylic acids is 2. The SMILES string of the molecule is CCCCCCCCS(=O)(=O)Nc1ccc(Br)cc1C(=O)C(=O)NCCCNC(=O)O. The number of halogens is 1. The number of benzene rings is 1. The van der Waals surface area contributed by atoms with Crippen LogP contribution in [0.4, 0.5) is 10.5 Å². The fraction of sp³-hybridized carbons (Fsp3) is 0.550. The summed E-state index contributed by atoms with van der Waals surface area (Å²) in [6.45, 7) is 2.34. The number of Topliss-reactive ketones (excluding diaryl/α,β-unsaturated/α-hetero) is 1. The number of ketones is 1. The van der Waals surface area contributed by atoms with Crippen molar-refractivity contribution in [1.82, 2.24) is 10.6 Å². The van der Waals surface area contributed by atoms with Crippen LogP contribution in [0.3, 0.4) is 0 Å². The molecule has 0 radical (unpaired) electrons. The smallest absolute Gasteiger partial charge is 0.404 e. The van der Waals surface area contributed by atoms with E-state index in [4.69, 9.17) is 5.11 Å². The molecule has 0 saturated heterocycles. The van der Waals surface area contributed by atoms with E-state index in [-0.39, 0.29) is 30.1 Å². The highest BCUT2D eigenvalue weighted by Crippen LogP contribution is 2.23. The highest BCUT2D eigenvalue weighted by atomic mass is 79.9. The molecule has 0 atom stereocenters. The van der Waals surface area contributed by atoms with Crippen LogP contribution in [0.15, 0.2) is 22.7 Å². The van der Waals surface area contributed by atoms with Crippen molar-refractivity contribution in [2.75, 3.05) is 23.6 Å². The molecule has 0 aliphatic heterocycles. The monoisotopic (exact) mass is 519 g/mol. The van der Waals surface area contributed by atoms with Gasteiger partial charge in [-0.25, -0.2) is 13.2 Å². The van der Waals surface area contributed by atoms with Crippen molar-refractivity contribution in [1.29, 1.82) is 0 Å². The standard InChI is InChI=1S/C20H30BrN3O6S/c1-2-3-4-5-6-7-13-31(29,30)24-17-10-9-15(21)14-16(17)18(25)19(26)22-11-8-12-23-20(27)28/h9-10,14,23-24H,2-8,11-13H2,1H3,(H,22,26)(H,27,28). The molecule has 0 fully saturated rings. The van der Waals surface area contributed by atoms with Crippen LogP contribution in [-0.4, -0.2) is 50.2 Å². The number of hydrogen-bond donors (Lipinski definition) is 4. The molecule has 2 amide bonds. The van der Waals surface area contributed by atoms with Crippen LogP contribution in [-0.2, 0) is 14.8 Å². The van der Waals surface area contributed by atoms with E-state index >= 15 is 0 Å². The first kappa shape index (κ1) is 26.9. The van der Waals surface area contributed by atoms with E-state index in [9.17, 15) is 22.8 Å². The molecule has 0 saturated carbocycles. The van der Waals surface area contributed by atoms with Crippen LogP contribution in [0.1, 0.15) is 62.2 Å². The normalized spacial score (nSPS) is 11.0. The van der Waals surface area contributed by atoms with E-state index in [2.05, 4.69) is 38.2 Å². The van der Waals surface area contributed by atoms with E-state index in [0.29, 0.717) is 17.3 Å². The fourth-order valence-corrected chi connectivity index (χ4v) is 4.33. The molecule has 11 heteroatoms. The Balaban J connectivity index is 2.70. The van der Waals surface area contributed by atoms with Gasteiger partial charge in [-0.15, -0.1) is 0 Å². The largest absolute Gasteiger partial charge is 0.465 e. The lowest BCUT2D eigenvalue weighted by Gasteiger charge is -2.13. The number of unbranched alkanes of at least 4 members (excludes halogenated alkanes) is 5. The number of sulfonamides is 1. The predicted molar refractivity (Wildman–Crippen MR) is 123 cm³/mol. The molecule has 31 heavy (non-hydrogen) atoms. The van der Waals surface area contributed by atoms with Gasteiger partial charge in [0.2, 0.25) is 10.0 Å². The number of hydrogen-bond acceptors (Lipinski definition) is 5. The van der Waals surface area contributed by atoms with E-state index in [1.165, 1.54) is 12.1 Å². The summed E-state index contributed by atoms with van der Waals surface area (Å²) in [5.41, 5.74) is -0.0241. The van der Waals surface area contributed by atoms with E-state index in [0.717, 1.165) is 32.1 Å². The van der Waals surface area contributed by atoms with Gasteiger partial charge in [0.05, 0.1) is 17.0 Å². The van der Waals surface area contributed by atoms with Gasteiger partial charge in [-0.2, -0.15) is 0 Å². The van der Waals surface area contributed by atoms with Gasteiger partial charge >= 0.3 is 6.09 Å². The number of amides is 2. The Morgan fingerprint density at radius 1 is 0.968 bits per heavy atom. The van der Waals surface area contributed by atoms with Crippen molar-refractivity contribution >= 4 is 49.4 Å². The third kappa shape index (κ3) is 11.2. The third-order valence-electron chi connectivity index (χ3n) is 4.38. The minimum absolute atomic E-state index is 0.0434. The average molecular weight is 520 g/mol. The lowest BCUT2D eigenvalue weighted by molar-refractivity contribution is -0.117. The van der Waals surface area contributed by atoms with Crippen molar-refractivity contribution in [2.24, 2.45) is 0 Å². The molecule has 0 heterocycles.